The molecule has 26 heavy (non-hydrogen) atoms. The van der Waals surface area contributed by atoms with Gasteiger partial charge < -0.3 is 10.2 Å². The molecule has 0 radical (unpaired) electrons. The molecule has 1 N–H and O–H groups in total. The van der Waals surface area contributed by atoms with Crippen molar-refractivity contribution in [2.24, 2.45) is 14.9 Å². The molecular formula is C17H24ClN5O2S. The number of hydrogen-bond donors (Lipinski definition) is 1. The molecule has 1 spiro atoms. The largest absolute Gasteiger partial charge is 0.354 e. The van der Waals surface area contributed by atoms with Crippen LogP contribution in [0.5, 0.6) is 0 Å². The highest BCUT2D eigenvalue weighted by Gasteiger charge is 2.39. The zero-order chi connectivity index (χ0) is 18.8. The molecule has 0 amide bonds. The summed E-state index contributed by atoms with van der Waals surface area (Å²) in [5.41, 5.74) is -0.0114. The third kappa shape index (κ3) is 4.19. The maximum atomic E-state index is 12.7. The van der Waals surface area contributed by atoms with Gasteiger partial charge in [0.2, 0.25) is 5.96 Å². The Labute approximate surface area is 159 Å². The second-order valence-electron chi connectivity index (χ2n) is 6.85. The Balaban J connectivity index is 1.83. The first-order valence-electron chi connectivity index (χ1n) is 8.69. The number of benzene rings is 1. The third-order valence-corrected chi connectivity index (χ3v) is 6.30. The van der Waals surface area contributed by atoms with Gasteiger partial charge >= 0.3 is 0 Å². The first-order chi connectivity index (χ1) is 12.3. The van der Waals surface area contributed by atoms with Crippen molar-refractivity contribution in [1.82, 2.24) is 15.2 Å². The van der Waals surface area contributed by atoms with Crippen molar-refractivity contribution >= 4 is 33.8 Å². The number of piperidine rings is 1. The molecule has 3 rings (SSSR count). The van der Waals surface area contributed by atoms with Crippen LogP contribution in [0.25, 0.3) is 0 Å². The summed E-state index contributed by atoms with van der Waals surface area (Å²) in [6.07, 6.45) is 3.97. The van der Waals surface area contributed by atoms with Crippen molar-refractivity contribution in [1.29, 1.82) is 0 Å². The molecule has 1 fully saturated rings. The van der Waals surface area contributed by atoms with Crippen LogP contribution in [-0.2, 0) is 10.0 Å². The van der Waals surface area contributed by atoms with Crippen molar-refractivity contribution in [2.75, 3.05) is 33.2 Å². The van der Waals surface area contributed by atoms with Crippen LogP contribution in [0.1, 0.15) is 19.8 Å². The minimum atomic E-state index is -3.88. The van der Waals surface area contributed by atoms with E-state index in [0.717, 1.165) is 25.9 Å². The minimum Gasteiger partial charge on any atom is -0.354 e. The Morgan fingerprint density at radius 2 is 2.12 bits per heavy atom. The van der Waals surface area contributed by atoms with Crippen molar-refractivity contribution < 1.29 is 8.42 Å². The van der Waals surface area contributed by atoms with Crippen LogP contribution in [0.3, 0.4) is 0 Å². The molecule has 0 aromatic heterocycles. The summed E-state index contributed by atoms with van der Waals surface area (Å²) < 4.78 is 29.3. The fraction of sp³-hybridized carbons (Fsp3) is 0.529. The van der Waals surface area contributed by atoms with Crippen LogP contribution < -0.4 is 5.32 Å². The van der Waals surface area contributed by atoms with E-state index >= 15 is 0 Å². The van der Waals surface area contributed by atoms with E-state index in [1.165, 1.54) is 12.1 Å². The predicted octanol–water partition coefficient (Wildman–Crippen LogP) is 2.01. The molecule has 0 bridgehead atoms. The van der Waals surface area contributed by atoms with Gasteiger partial charge in [-0.05, 0) is 58.1 Å². The van der Waals surface area contributed by atoms with E-state index < -0.39 is 10.0 Å². The Hall–Kier alpha value is -1.64. The second kappa shape index (κ2) is 7.54. The molecule has 1 aromatic carbocycles. The summed E-state index contributed by atoms with van der Waals surface area (Å²) in [7, 11) is -1.76. The van der Waals surface area contributed by atoms with E-state index in [1.54, 1.807) is 17.1 Å². The monoisotopic (exact) mass is 397 g/mol. The summed E-state index contributed by atoms with van der Waals surface area (Å²) in [4.78, 5) is 2.36. The van der Waals surface area contributed by atoms with Crippen molar-refractivity contribution in [3.05, 3.63) is 29.3 Å². The van der Waals surface area contributed by atoms with Gasteiger partial charge in [-0.25, -0.2) is 5.01 Å². The van der Waals surface area contributed by atoms with Gasteiger partial charge in [0.1, 0.15) is 0 Å². The van der Waals surface area contributed by atoms with Gasteiger partial charge in [0, 0.05) is 23.2 Å². The summed E-state index contributed by atoms with van der Waals surface area (Å²) >= 11 is 5.92. The normalized spacial score (nSPS) is 20.7. The van der Waals surface area contributed by atoms with Gasteiger partial charge in [0.15, 0.2) is 0 Å². The zero-order valence-corrected chi connectivity index (χ0v) is 16.6. The molecular weight excluding hydrogens is 374 g/mol. The number of guanidine groups is 1. The van der Waals surface area contributed by atoms with Crippen molar-refractivity contribution in [3.63, 3.8) is 0 Å². The highest BCUT2D eigenvalue weighted by atomic mass is 35.5. The molecule has 7 nitrogen and oxygen atoms in total. The Morgan fingerprint density at radius 3 is 2.77 bits per heavy atom. The standard InChI is InChI=1S/C17H24ClN5O2S/c1-3-19-16(21-26(24,25)15-6-4-5-14(18)11-15)23-13-17(12-20-23)7-9-22(2)10-8-17/h4-6,11-12H,3,7-10,13H2,1-2H3,(H,19,21). The number of halogens is 1. The number of likely N-dealkylation sites (tertiary alicyclic amines) is 1. The van der Waals surface area contributed by atoms with Gasteiger partial charge in [-0.1, -0.05) is 17.7 Å². The number of nitrogens with one attached hydrogen (secondary N) is 1. The number of rotatable bonds is 3. The van der Waals surface area contributed by atoms with Crippen molar-refractivity contribution in [2.45, 2.75) is 24.7 Å². The van der Waals surface area contributed by atoms with E-state index in [1.807, 2.05) is 13.1 Å². The van der Waals surface area contributed by atoms with Gasteiger partial charge in [-0.2, -0.15) is 13.5 Å². The number of nitrogens with zero attached hydrogens (tertiary/aromatic N) is 4. The van der Waals surface area contributed by atoms with E-state index in [-0.39, 0.29) is 16.3 Å². The summed E-state index contributed by atoms with van der Waals surface area (Å²) in [6, 6.07) is 6.11. The lowest BCUT2D eigenvalue weighted by molar-refractivity contribution is 0.172. The molecule has 0 unspecified atom stereocenters. The zero-order valence-electron chi connectivity index (χ0n) is 15.0. The van der Waals surface area contributed by atoms with Gasteiger partial charge in [0.25, 0.3) is 10.0 Å². The third-order valence-electron chi connectivity index (χ3n) is 4.80. The smallest absolute Gasteiger partial charge is 0.285 e. The van der Waals surface area contributed by atoms with Gasteiger partial charge in [0.05, 0.1) is 11.4 Å². The highest BCUT2D eigenvalue weighted by Crippen LogP contribution is 2.34. The molecule has 2 aliphatic rings. The molecule has 0 saturated carbocycles. The number of sulfonamides is 1. The topological polar surface area (TPSA) is 77.4 Å². The Kier molecular flexibility index (Phi) is 5.55. The first kappa shape index (κ1) is 19.1. The van der Waals surface area contributed by atoms with Crippen molar-refractivity contribution in [3.8, 4) is 0 Å². The summed E-state index contributed by atoms with van der Waals surface area (Å²) in [5, 5.41) is 9.51. The Bertz CT molecular complexity index is 816. The van der Waals surface area contributed by atoms with Gasteiger partial charge in [-0.15, -0.1) is 4.40 Å². The van der Waals surface area contributed by atoms with Crippen LogP contribution >= 0.6 is 11.6 Å². The fourth-order valence-corrected chi connectivity index (χ4v) is 4.45. The SMILES string of the molecule is CCN/C(=N\S(=O)(=O)c1cccc(Cl)c1)N1CC2(C=N1)CCN(C)CC2. The average Bonchev–Trinajstić information content (AvgIpc) is 3.01. The van der Waals surface area contributed by atoms with Crippen LogP contribution in [-0.4, -0.2) is 63.7 Å². The Morgan fingerprint density at radius 1 is 1.38 bits per heavy atom. The maximum Gasteiger partial charge on any atom is 0.285 e. The molecule has 0 aliphatic carbocycles. The maximum absolute atomic E-state index is 12.7. The van der Waals surface area contributed by atoms with E-state index in [9.17, 15) is 8.42 Å². The molecule has 1 saturated heterocycles. The number of hydrazone groups is 1. The number of hydrogen-bond acceptors (Lipinski definition) is 4. The summed E-state index contributed by atoms with van der Waals surface area (Å²) in [6.45, 7) is 5.10. The van der Waals surface area contributed by atoms with Crippen LogP contribution in [0.2, 0.25) is 5.02 Å². The molecule has 142 valence electrons. The lowest BCUT2D eigenvalue weighted by Gasteiger charge is -2.36. The second-order valence-corrected chi connectivity index (χ2v) is 8.89. The highest BCUT2D eigenvalue weighted by molar-refractivity contribution is 7.90. The van der Waals surface area contributed by atoms with Gasteiger partial charge in [-0.3, -0.25) is 0 Å². The van der Waals surface area contributed by atoms with Crippen LogP contribution in [0.4, 0.5) is 0 Å². The van der Waals surface area contributed by atoms with E-state index in [2.05, 4.69) is 26.8 Å². The molecule has 2 heterocycles. The molecule has 1 aromatic rings. The average molecular weight is 398 g/mol. The molecule has 2 aliphatic heterocycles. The lowest BCUT2D eigenvalue weighted by atomic mass is 9.80. The summed E-state index contributed by atoms with van der Waals surface area (Å²) in [5.74, 6) is 0.250. The lowest BCUT2D eigenvalue weighted by Crippen LogP contribution is -2.45. The predicted molar refractivity (Wildman–Crippen MR) is 104 cm³/mol. The molecule has 9 heteroatoms. The molecule has 0 atom stereocenters. The minimum absolute atomic E-state index is 0.0114. The first-order valence-corrected chi connectivity index (χ1v) is 10.5. The quantitative estimate of drug-likeness (QED) is 0.623. The fourth-order valence-electron chi connectivity index (χ4n) is 3.18. The van der Waals surface area contributed by atoms with Crippen LogP contribution in [0, 0.1) is 5.41 Å². The van der Waals surface area contributed by atoms with Crippen LogP contribution in [0.15, 0.2) is 38.7 Å². The van der Waals surface area contributed by atoms with E-state index in [4.69, 9.17) is 11.6 Å². The van der Waals surface area contributed by atoms with E-state index in [0.29, 0.717) is 18.1 Å².